The fraction of sp³-hybridized carbons (Fsp3) is 0.300. The molecular formula is C20H22N2O3. The van der Waals surface area contributed by atoms with Crippen LogP contribution in [0.4, 0.5) is 5.69 Å². The van der Waals surface area contributed by atoms with E-state index in [4.69, 9.17) is 4.74 Å². The molecule has 2 aromatic carbocycles. The minimum absolute atomic E-state index is 0.0387. The summed E-state index contributed by atoms with van der Waals surface area (Å²) < 4.78 is 5.16. The molecule has 1 N–H and O–H groups in total. The largest absolute Gasteiger partial charge is 0.383 e. The van der Waals surface area contributed by atoms with Gasteiger partial charge in [0.15, 0.2) is 0 Å². The zero-order valence-electron chi connectivity index (χ0n) is 14.3. The lowest BCUT2D eigenvalue weighted by molar-refractivity contribution is -0.136. The molecule has 2 aromatic rings. The van der Waals surface area contributed by atoms with Gasteiger partial charge in [-0.15, -0.1) is 0 Å². The summed E-state index contributed by atoms with van der Waals surface area (Å²) in [7, 11) is 1.62. The Hall–Kier alpha value is -2.66. The van der Waals surface area contributed by atoms with Gasteiger partial charge in [0, 0.05) is 32.3 Å². The lowest BCUT2D eigenvalue weighted by Gasteiger charge is -2.30. The average Bonchev–Trinajstić information content (AvgIpc) is 2.64. The van der Waals surface area contributed by atoms with Crippen molar-refractivity contribution in [1.82, 2.24) is 4.90 Å². The molecule has 25 heavy (non-hydrogen) atoms. The third kappa shape index (κ3) is 4.06. The maximum atomic E-state index is 13.2. The number of ether oxygens (including phenoxy) is 1. The fourth-order valence-corrected chi connectivity index (χ4v) is 3.12. The van der Waals surface area contributed by atoms with Gasteiger partial charge >= 0.3 is 0 Å². The first-order chi connectivity index (χ1) is 12.2. The summed E-state index contributed by atoms with van der Waals surface area (Å²) in [5.74, 6) is -0.614. The molecule has 2 amide bonds. The summed E-state index contributed by atoms with van der Waals surface area (Å²) in [6.07, 6.45) is 0.175. The van der Waals surface area contributed by atoms with Gasteiger partial charge in [0.1, 0.15) is 0 Å². The molecule has 0 bridgehead atoms. The van der Waals surface area contributed by atoms with Crippen molar-refractivity contribution in [3.8, 4) is 0 Å². The quantitative estimate of drug-likeness (QED) is 0.881. The van der Waals surface area contributed by atoms with Gasteiger partial charge in [-0.05, 0) is 17.2 Å². The van der Waals surface area contributed by atoms with Crippen molar-refractivity contribution < 1.29 is 14.3 Å². The molecule has 0 fully saturated rings. The predicted molar refractivity (Wildman–Crippen MR) is 96.2 cm³/mol. The van der Waals surface area contributed by atoms with E-state index in [2.05, 4.69) is 5.32 Å². The van der Waals surface area contributed by atoms with Crippen LogP contribution in [0.25, 0.3) is 0 Å². The number of hydrogen-bond acceptors (Lipinski definition) is 3. The first-order valence-corrected chi connectivity index (χ1v) is 8.39. The van der Waals surface area contributed by atoms with E-state index in [0.29, 0.717) is 19.7 Å². The zero-order chi connectivity index (χ0) is 17.6. The third-order valence-electron chi connectivity index (χ3n) is 4.39. The lowest BCUT2D eigenvalue weighted by Crippen LogP contribution is -2.39. The highest BCUT2D eigenvalue weighted by molar-refractivity contribution is 6.01. The monoisotopic (exact) mass is 338 g/mol. The van der Waals surface area contributed by atoms with Crippen LogP contribution in [0, 0.1) is 0 Å². The maximum absolute atomic E-state index is 13.2. The number of anilines is 1. The molecule has 0 saturated heterocycles. The van der Waals surface area contributed by atoms with E-state index in [1.807, 2.05) is 54.6 Å². The Morgan fingerprint density at radius 2 is 1.88 bits per heavy atom. The molecular weight excluding hydrogens is 316 g/mol. The van der Waals surface area contributed by atoms with E-state index in [-0.39, 0.29) is 18.2 Å². The Bertz CT molecular complexity index is 746. The van der Waals surface area contributed by atoms with E-state index >= 15 is 0 Å². The molecule has 0 spiro atoms. The van der Waals surface area contributed by atoms with Crippen molar-refractivity contribution >= 4 is 17.5 Å². The van der Waals surface area contributed by atoms with Gasteiger partial charge in [-0.1, -0.05) is 48.5 Å². The number of benzene rings is 2. The molecule has 1 atom stereocenters. The van der Waals surface area contributed by atoms with Gasteiger partial charge in [0.2, 0.25) is 11.8 Å². The van der Waals surface area contributed by atoms with Crippen molar-refractivity contribution in [2.75, 3.05) is 25.6 Å². The SMILES string of the molecule is COCCN(Cc1ccccc1)C(=O)C1CC(=O)Nc2ccccc21. The number of carbonyl (C=O) groups excluding carboxylic acids is 2. The second kappa shape index (κ2) is 7.94. The summed E-state index contributed by atoms with van der Waals surface area (Å²) in [5, 5.41) is 2.84. The fourth-order valence-electron chi connectivity index (χ4n) is 3.12. The number of rotatable bonds is 6. The minimum Gasteiger partial charge on any atom is -0.383 e. The number of amides is 2. The third-order valence-corrected chi connectivity index (χ3v) is 4.39. The zero-order valence-corrected chi connectivity index (χ0v) is 14.3. The van der Waals surface area contributed by atoms with Crippen LogP contribution in [0.3, 0.4) is 0 Å². The highest BCUT2D eigenvalue weighted by Crippen LogP contribution is 2.33. The number of nitrogens with one attached hydrogen (secondary N) is 1. The van der Waals surface area contributed by atoms with E-state index in [1.54, 1.807) is 12.0 Å². The van der Waals surface area contributed by atoms with Crippen molar-refractivity contribution in [1.29, 1.82) is 0 Å². The van der Waals surface area contributed by atoms with Crippen molar-refractivity contribution in [3.63, 3.8) is 0 Å². The molecule has 0 aromatic heterocycles. The second-order valence-electron chi connectivity index (χ2n) is 6.13. The molecule has 0 saturated carbocycles. The Morgan fingerprint density at radius 3 is 2.64 bits per heavy atom. The molecule has 130 valence electrons. The second-order valence-corrected chi connectivity index (χ2v) is 6.13. The van der Waals surface area contributed by atoms with E-state index in [1.165, 1.54) is 0 Å². The number of fused-ring (bicyclic) bond motifs is 1. The number of para-hydroxylation sites is 1. The molecule has 1 heterocycles. The smallest absolute Gasteiger partial charge is 0.231 e. The highest BCUT2D eigenvalue weighted by atomic mass is 16.5. The minimum atomic E-state index is -0.453. The molecule has 0 radical (unpaired) electrons. The number of hydrogen-bond donors (Lipinski definition) is 1. The molecule has 3 rings (SSSR count). The van der Waals surface area contributed by atoms with Crippen LogP contribution in [0.15, 0.2) is 54.6 Å². The standard InChI is InChI=1S/C20H22N2O3/c1-25-12-11-22(14-15-7-3-2-4-8-15)20(24)17-13-19(23)21-18-10-6-5-9-16(17)18/h2-10,17H,11-14H2,1H3,(H,21,23). The summed E-state index contributed by atoms with van der Waals surface area (Å²) in [5.41, 5.74) is 2.66. The Balaban J connectivity index is 1.85. The van der Waals surface area contributed by atoms with Gasteiger partial charge in [-0.3, -0.25) is 9.59 Å². The number of nitrogens with zero attached hydrogens (tertiary/aromatic N) is 1. The number of methoxy groups -OCH3 is 1. The van der Waals surface area contributed by atoms with Crippen LogP contribution in [0.5, 0.6) is 0 Å². The molecule has 1 unspecified atom stereocenters. The van der Waals surface area contributed by atoms with Gasteiger partial charge in [0.05, 0.1) is 12.5 Å². The molecule has 5 heteroatoms. The lowest BCUT2D eigenvalue weighted by atomic mass is 9.89. The first kappa shape index (κ1) is 17.2. The van der Waals surface area contributed by atoms with Gasteiger partial charge in [-0.25, -0.2) is 0 Å². The first-order valence-electron chi connectivity index (χ1n) is 8.39. The van der Waals surface area contributed by atoms with Crippen LogP contribution < -0.4 is 5.32 Å². The van der Waals surface area contributed by atoms with Crippen molar-refractivity contribution in [3.05, 3.63) is 65.7 Å². The Labute approximate surface area is 147 Å². The van der Waals surface area contributed by atoms with Crippen molar-refractivity contribution in [2.24, 2.45) is 0 Å². The van der Waals surface area contributed by atoms with E-state index in [9.17, 15) is 9.59 Å². The van der Waals surface area contributed by atoms with Gasteiger partial charge in [0.25, 0.3) is 0 Å². The highest BCUT2D eigenvalue weighted by Gasteiger charge is 2.33. The van der Waals surface area contributed by atoms with E-state index in [0.717, 1.165) is 16.8 Å². The van der Waals surface area contributed by atoms with Crippen molar-refractivity contribution in [2.45, 2.75) is 18.9 Å². The van der Waals surface area contributed by atoms with Crippen LogP contribution in [0.1, 0.15) is 23.5 Å². The molecule has 1 aliphatic rings. The van der Waals surface area contributed by atoms with Crippen LogP contribution >= 0.6 is 0 Å². The molecule has 5 nitrogen and oxygen atoms in total. The Kier molecular flexibility index (Phi) is 5.46. The predicted octanol–water partition coefficient (Wildman–Crippen LogP) is 2.79. The summed E-state index contributed by atoms with van der Waals surface area (Å²) >= 11 is 0. The van der Waals surface area contributed by atoms with Gasteiger partial charge < -0.3 is 15.0 Å². The molecule has 0 aliphatic carbocycles. The topological polar surface area (TPSA) is 58.6 Å². The number of carbonyl (C=O) groups is 2. The van der Waals surface area contributed by atoms with Crippen LogP contribution in [0.2, 0.25) is 0 Å². The Morgan fingerprint density at radius 1 is 1.16 bits per heavy atom. The van der Waals surface area contributed by atoms with Gasteiger partial charge in [-0.2, -0.15) is 0 Å². The summed E-state index contributed by atoms with van der Waals surface area (Å²) in [6.45, 7) is 1.45. The maximum Gasteiger partial charge on any atom is 0.231 e. The summed E-state index contributed by atoms with van der Waals surface area (Å²) in [4.78, 5) is 27.0. The normalized spacial score (nSPS) is 16.0. The van der Waals surface area contributed by atoms with Crippen LogP contribution in [-0.4, -0.2) is 37.0 Å². The average molecular weight is 338 g/mol. The molecule has 1 aliphatic heterocycles. The summed E-state index contributed by atoms with van der Waals surface area (Å²) in [6, 6.07) is 17.4. The van der Waals surface area contributed by atoms with Crippen LogP contribution in [-0.2, 0) is 20.9 Å². The van der Waals surface area contributed by atoms with E-state index < -0.39 is 5.92 Å².